The van der Waals surface area contributed by atoms with Crippen molar-refractivity contribution in [3.63, 3.8) is 0 Å². The molecule has 3 aliphatic rings. The van der Waals surface area contributed by atoms with E-state index in [0.29, 0.717) is 19.7 Å². The van der Waals surface area contributed by atoms with Crippen LogP contribution in [0.3, 0.4) is 0 Å². The average Bonchev–Trinajstić information content (AvgIpc) is 3.36. The van der Waals surface area contributed by atoms with Crippen LogP contribution in [0.25, 0.3) is 0 Å². The van der Waals surface area contributed by atoms with Crippen LogP contribution in [0.1, 0.15) is 32.1 Å². The highest BCUT2D eigenvalue weighted by molar-refractivity contribution is 7.89. The average molecular weight is 352 g/mol. The molecule has 6 nitrogen and oxygen atoms in total. The topological polar surface area (TPSA) is 68.7 Å². The maximum Gasteiger partial charge on any atom is 0.244 e. The van der Waals surface area contributed by atoms with E-state index in [9.17, 15) is 8.42 Å². The summed E-state index contributed by atoms with van der Waals surface area (Å²) in [5, 5.41) is 0. The van der Waals surface area contributed by atoms with Crippen molar-refractivity contribution < 1.29 is 17.9 Å². The third-order valence-electron chi connectivity index (χ3n) is 5.22. The highest BCUT2D eigenvalue weighted by Crippen LogP contribution is 2.38. The van der Waals surface area contributed by atoms with Gasteiger partial charge in [-0.3, -0.25) is 4.98 Å². The van der Waals surface area contributed by atoms with Gasteiger partial charge in [0.15, 0.2) is 0 Å². The highest BCUT2D eigenvalue weighted by atomic mass is 32.2. The van der Waals surface area contributed by atoms with Gasteiger partial charge in [0.05, 0.1) is 18.3 Å². The summed E-state index contributed by atoms with van der Waals surface area (Å²) in [7, 11) is -3.51. The van der Waals surface area contributed by atoms with E-state index in [2.05, 4.69) is 4.98 Å². The Kier molecular flexibility index (Phi) is 4.36. The molecule has 1 aliphatic carbocycles. The zero-order valence-electron chi connectivity index (χ0n) is 13.8. The summed E-state index contributed by atoms with van der Waals surface area (Å²) >= 11 is 0. The SMILES string of the molecule is O=S(=O)(c1cccnc1)N1CCC[C@]2(C[C@@H](OCC3CC3)CO2)C1. The Hall–Kier alpha value is -1.02. The van der Waals surface area contributed by atoms with Crippen molar-refractivity contribution in [1.29, 1.82) is 0 Å². The third kappa shape index (κ3) is 3.35. The van der Waals surface area contributed by atoms with Crippen LogP contribution < -0.4 is 0 Å². The molecule has 4 rings (SSSR count). The maximum absolute atomic E-state index is 12.8. The molecule has 0 bridgehead atoms. The van der Waals surface area contributed by atoms with Gasteiger partial charge in [-0.2, -0.15) is 4.31 Å². The van der Waals surface area contributed by atoms with Crippen LogP contribution >= 0.6 is 0 Å². The van der Waals surface area contributed by atoms with Gasteiger partial charge in [-0.15, -0.1) is 0 Å². The van der Waals surface area contributed by atoms with Crippen molar-refractivity contribution in [3.8, 4) is 0 Å². The van der Waals surface area contributed by atoms with E-state index in [1.165, 1.54) is 19.0 Å². The van der Waals surface area contributed by atoms with Crippen LogP contribution in [-0.4, -0.2) is 55.7 Å². The van der Waals surface area contributed by atoms with Crippen molar-refractivity contribution in [1.82, 2.24) is 9.29 Å². The van der Waals surface area contributed by atoms with Crippen LogP contribution in [0.15, 0.2) is 29.4 Å². The van der Waals surface area contributed by atoms with Crippen molar-refractivity contribution in [2.75, 3.05) is 26.3 Å². The van der Waals surface area contributed by atoms with E-state index in [1.54, 1.807) is 22.6 Å². The van der Waals surface area contributed by atoms with Gasteiger partial charge < -0.3 is 9.47 Å². The Morgan fingerprint density at radius 2 is 2.29 bits per heavy atom. The second-order valence-corrected chi connectivity index (χ2v) is 9.17. The molecule has 0 aromatic carbocycles. The zero-order valence-corrected chi connectivity index (χ0v) is 14.6. The summed E-state index contributed by atoms with van der Waals surface area (Å²) in [6.07, 6.45) is 8.15. The molecule has 0 amide bonds. The largest absolute Gasteiger partial charge is 0.375 e. The molecule has 1 saturated carbocycles. The Morgan fingerprint density at radius 1 is 1.42 bits per heavy atom. The molecule has 7 heteroatoms. The van der Waals surface area contributed by atoms with Gasteiger partial charge in [0.25, 0.3) is 0 Å². The van der Waals surface area contributed by atoms with E-state index in [4.69, 9.17) is 9.47 Å². The van der Waals surface area contributed by atoms with Gasteiger partial charge in [0, 0.05) is 38.5 Å². The fourth-order valence-electron chi connectivity index (χ4n) is 3.66. The van der Waals surface area contributed by atoms with Gasteiger partial charge >= 0.3 is 0 Å². The predicted molar refractivity (Wildman–Crippen MR) is 88.0 cm³/mol. The van der Waals surface area contributed by atoms with Crippen molar-refractivity contribution >= 4 is 10.0 Å². The van der Waals surface area contributed by atoms with Gasteiger partial charge in [0.1, 0.15) is 4.90 Å². The van der Waals surface area contributed by atoms with E-state index in [1.807, 2.05) is 0 Å². The van der Waals surface area contributed by atoms with Crippen LogP contribution in [-0.2, 0) is 19.5 Å². The fourth-order valence-corrected chi connectivity index (χ4v) is 5.18. The molecule has 1 aromatic rings. The molecule has 0 N–H and O–H groups in total. The van der Waals surface area contributed by atoms with Gasteiger partial charge in [0.2, 0.25) is 10.0 Å². The van der Waals surface area contributed by atoms with Crippen molar-refractivity contribution in [3.05, 3.63) is 24.5 Å². The maximum atomic E-state index is 12.8. The molecule has 3 heterocycles. The molecular formula is C17H24N2O4S. The first-order valence-corrected chi connectivity index (χ1v) is 10.2. The summed E-state index contributed by atoms with van der Waals surface area (Å²) in [6, 6.07) is 3.25. The van der Waals surface area contributed by atoms with Crippen molar-refractivity contribution in [2.24, 2.45) is 5.92 Å². The molecule has 0 unspecified atom stereocenters. The smallest absolute Gasteiger partial charge is 0.244 e. The van der Waals surface area contributed by atoms with E-state index >= 15 is 0 Å². The lowest BCUT2D eigenvalue weighted by molar-refractivity contribution is -0.0357. The summed E-state index contributed by atoms with van der Waals surface area (Å²) in [5.41, 5.74) is -0.387. The van der Waals surface area contributed by atoms with Crippen molar-refractivity contribution in [2.45, 2.75) is 48.7 Å². The van der Waals surface area contributed by atoms with E-state index < -0.39 is 10.0 Å². The Labute approximate surface area is 143 Å². The molecular weight excluding hydrogens is 328 g/mol. The minimum Gasteiger partial charge on any atom is -0.375 e. The number of ether oxygens (including phenoxy) is 2. The van der Waals surface area contributed by atoms with Crippen LogP contribution in [0.2, 0.25) is 0 Å². The highest BCUT2D eigenvalue weighted by Gasteiger charge is 2.46. The number of hydrogen-bond donors (Lipinski definition) is 0. The minimum absolute atomic E-state index is 0.103. The first kappa shape index (κ1) is 16.4. The standard InChI is InChI=1S/C17H24N2O4S/c20-24(21,16-3-1-7-18-10-16)19-8-2-6-17(13-19)9-15(12-23-17)22-11-14-4-5-14/h1,3,7,10,14-15H,2,4-6,8-9,11-13H2/t15-,17+/m1/s1. The van der Waals surface area contributed by atoms with E-state index in [-0.39, 0.29) is 16.6 Å². The summed E-state index contributed by atoms with van der Waals surface area (Å²) < 4.78 is 39.2. The molecule has 3 fully saturated rings. The number of piperidine rings is 1. The minimum atomic E-state index is -3.51. The number of rotatable bonds is 5. The molecule has 132 valence electrons. The quantitative estimate of drug-likeness (QED) is 0.808. The molecule has 24 heavy (non-hydrogen) atoms. The molecule has 2 atom stereocenters. The molecule has 2 saturated heterocycles. The summed E-state index contributed by atoms with van der Waals surface area (Å²) in [6.45, 7) is 2.35. The predicted octanol–water partition coefficient (Wildman–Crippen LogP) is 1.82. The van der Waals surface area contributed by atoms with Crippen LogP contribution in [0.4, 0.5) is 0 Å². The zero-order chi connectivity index (χ0) is 16.6. The van der Waals surface area contributed by atoms with E-state index in [0.717, 1.165) is 31.8 Å². The first-order valence-electron chi connectivity index (χ1n) is 8.73. The van der Waals surface area contributed by atoms with Gasteiger partial charge in [-0.1, -0.05) is 0 Å². The number of nitrogens with zero attached hydrogens (tertiary/aromatic N) is 2. The lowest BCUT2D eigenvalue weighted by Crippen LogP contribution is -2.50. The molecule has 1 aromatic heterocycles. The Balaban J connectivity index is 1.44. The number of sulfonamides is 1. The molecule has 0 radical (unpaired) electrons. The third-order valence-corrected chi connectivity index (χ3v) is 7.04. The summed E-state index contributed by atoms with van der Waals surface area (Å²) in [5.74, 6) is 0.732. The Bertz CT molecular complexity index is 677. The second-order valence-electron chi connectivity index (χ2n) is 7.23. The van der Waals surface area contributed by atoms with Crippen LogP contribution in [0, 0.1) is 5.92 Å². The second kappa shape index (κ2) is 6.37. The first-order chi connectivity index (χ1) is 11.6. The monoisotopic (exact) mass is 352 g/mol. The number of hydrogen-bond acceptors (Lipinski definition) is 5. The lowest BCUT2D eigenvalue weighted by atomic mass is 9.90. The van der Waals surface area contributed by atoms with Crippen LogP contribution in [0.5, 0.6) is 0 Å². The number of pyridine rings is 1. The lowest BCUT2D eigenvalue weighted by Gasteiger charge is -2.38. The normalized spacial score (nSPS) is 31.6. The van der Waals surface area contributed by atoms with Gasteiger partial charge in [-0.25, -0.2) is 8.42 Å². The molecule has 2 aliphatic heterocycles. The fraction of sp³-hybridized carbons (Fsp3) is 0.706. The number of aromatic nitrogens is 1. The van der Waals surface area contributed by atoms with Gasteiger partial charge in [-0.05, 0) is 43.7 Å². The molecule has 1 spiro atoms. The summed E-state index contributed by atoms with van der Waals surface area (Å²) in [4.78, 5) is 4.19. The Morgan fingerprint density at radius 3 is 3.04 bits per heavy atom.